The van der Waals surface area contributed by atoms with Gasteiger partial charge in [-0.1, -0.05) is 34.6 Å². The van der Waals surface area contributed by atoms with E-state index in [0.717, 1.165) is 0 Å². The molecule has 2 heterocycles. The number of hydrogen-bond donors (Lipinski definition) is 1. The molecule has 0 radical (unpaired) electrons. The highest BCUT2D eigenvalue weighted by Crippen LogP contribution is 2.29. The van der Waals surface area contributed by atoms with E-state index in [4.69, 9.17) is 9.94 Å². The molecule has 0 saturated carbocycles. The molecule has 2 aromatic rings. The summed E-state index contributed by atoms with van der Waals surface area (Å²) in [6.07, 6.45) is -5.63. The minimum Gasteiger partial charge on any atom is -0.478 e. The van der Waals surface area contributed by atoms with Gasteiger partial charge in [0.05, 0.1) is 5.71 Å². The van der Waals surface area contributed by atoms with Gasteiger partial charge < -0.3 is 14.5 Å². The number of benzene rings is 1. The van der Waals surface area contributed by atoms with Crippen LogP contribution in [0.1, 0.15) is 17.9 Å². The van der Waals surface area contributed by atoms with E-state index >= 15 is 0 Å². The first-order chi connectivity index (χ1) is 10.8. The predicted octanol–water partition coefficient (Wildman–Crippen LogP) is 2.33. The first-order valence-corrected chi connectivity index (χ1v) is 6.32. The molecule has 0 spiro atoms. The van der Waals surface area contributed by atoms with Gasteiger partial charge in [0.15, 0.2) is 0 Å². The molecule has 0 saturated heterocycles. The molecule has 0 bridgehead atoms. The van der Waals surface area contributed by atoms with Crippen LogP contribution in [-0.2, 0) is 15.8 Å². The largest absolute Gasteiger partial charge is 0.478 e. The SMILES string of the molecule is O=C(O)C1CC(c2ccc(-c3noc(C(F)(F)F)n3)cc2)=NO1. The van der Waals surface area contributed by atoms with Gasteiger partial charge in [-0.2, -0.15) is 18.2 Å². The maximum Gasteiger partial charge on any atom is 0.471 e. The minimum atomic E-state index is -4.70. The Morgan fingerprint density at radius 3 is 2.39 bits per heavy atom. The number of rotatable bonds is 3. The lowest BCUT2D eigenvalue weighted by Crippen LogP contribution is -2.19. The number of aromatic nitrogens is 2. The van der Waals surface area contributed by atoms with Crippen molar-refractivity contribution < 1.29 is 32.4 Å². The summed E-state index contributed by atoms with van der Waals surface area (Å²) >= 11 is 0. The predicted molar refractivity (Wildman–Crippen MR) is 68.4 cm³/mol. The molecule has 1 aliphatic heterocycles. The molecule has 3 rings (SSSR count). The molecule has 1 atom stereocenters. The zero-order chi connectivity index (χ0) is 16.6. The van der Waals surface area contributed by atoms with Crippen molar-refractivity contribution in [2.45, 2.75) is 18.7 Å². The van der Waals surface area contributed by atoms with Gasteiger partial charge in [-0.15, -0.1) is 0 Å². The van der Waals surface area contributed by atoms with Crippen molar-refractivity contribution in [2.24, 2.45) is 5.16 Å². The van der Waals surface area contributed by atoms with Crippen molar-refractivity contribution in [1.82, 2.24) is 10.1 Å². The van der Waals surface area contributed by atoms with E-state index in [9.17, 15) is 18.0 Å². The number of carboxylic acid groups (broad SMARTS) is 1. The Morgan fingerprint density at radius 2 is 1.87 bits per heavy atom. The zero-order valence-electron chi connectivity index (χ0n) is 11.2. The number of alkyl halides is 3. The monoisotopic (exact) mass is 327 g/mol. The molecular weight excluding hydrogens is 319 g/mol. The Bertz CT molecular complexity index is 768. The van der Waals surface area contributed by atoms with Crippen LogP contribution in [-0.4, -0.2) is 33.0 Å². The lowest BCUT2D eigenvalue weighted by atomic mass is 10.0. The quantitative estimate of drug-likeness (QED) is 0.929. The van der Waals surface area contributed by atoms with Crippen molar-refractivity contribution in [3.8, 4) is 11.4 Å². The molecule has 1 aromatic heterocycles. The van der Waals surface area contributed by atoms with E-state index < -0.39 is 24.1 Å². The smallest absolute Gasteiger partial charge is 0.471 e. The van der Waals surface area contributed by atoms with Crippen LogP contribution in [0.5, 0.6) is 0 Å². The molecule has 0 amide bonds. The van der Waals surface area contributed by atoms with Crippen LogP contribution in [0.15, 0.2) is 33.9 Å². The molecule has 1 N–H and O–H groups in total. The van der Waals surface area contributed by atoms with Crippen molar-refractivity contribution in [3.05, 3.63) is 35.7 Å². The van der Waals surface area contributed by atoms with E-state index in [1.807, 2.05) is 0 Å². The first kappa shape index (κ1) is 15.0. The Labute approximate surface area is 126 Å². The topological polar surface area (TPSA) is 97.8 Å². The molecule has 23 heavy (non-hydrogen) atoms. The highest BCUT2D eigenvalue weighted by molar-refractivity contribution is 6.03. The third kappa shape index (κ3) is 3.00. The van der Waals surface area contributed by atoms with Gasteiger partial charge in [-0.25, -0.2) is 4.79 Å². The minimum absolute atomic E-state index is 0.106. The highest BCUT2D eigenvalue weighted by atomic mass is 19.4. The average molecular weight is 327 g/mol. The maximum atomic E-state index is 12.4. The van der Waals surface area contributed by atoms with E-state index in [2.05, 4.69) is 19.8 Å². The fraction of sp³-hybridized carbons (Fsp3) is 0.231. The maximum absolute atomic E-state index is 12.4. The van der Waals surface area contributed by atoms with Crippen LogP contribution in [0.25, 0.3) is 11.4 Å². The van der Waals surface area contributed by atoms with Gasteiger partial charge in [-0.3, -0.25) is 0 Å². The van der Waals surface area contributed by atoms with Crippen molar-refractivity contribution in [1.29, 1.82) is 0 Å². The average Bonchev–Trinajstić information content (AvgIpc) is 3.16. The second-order valence-corrected chi connectivity index (χ2v) is 4.67. The lowest BCUT2D eigenvalue weighted by Gasteiger charge is -2.01. The summed E-state index contributed by atoms with van der Waals surface area (Å²) in [6.45, 7) is 0. The fourth-order valence-corrected chi connectivity index (χ4v) is 1.95. The fourth-order valence-electron chi connectivity index (χ4n) is 1.95. The molecule has 10 heteroatoms. The van der Waals surface area contributed by atoms with Crippen LogP contribution in [0.3, 0.4) is 0 Å². The van der Waals surface area contributed by atoms with Crippen molar-refractivity contribution in [2.75, 3.05) is 0 Å². The molecule has 1 aliphatic rings. The number of aliphatic carboxylic acids is 1. The highest BCUT2D eigenvalue weighted by Gasteiger charge is 2.38. The number of carboxylic acids is 1. The van der Waals surface area contributed by atoms with Gasteiger partial charge in [0.1, 0.15) is 0 Å². The first-order valence-electron chi connectivity index (χ1n) is 6.32. The van der Waals surface area contributed by atoms with E-state index in [0.29, 0.717) is 16.8 Å². The molecular formula is C13H8F3N3O4. The molecule has 0 aliphatic carbocycles. The normalized spacial score (nSPS) is 17.7. The number of hydrogen-bond acceptors (Lipinski definition) is 6. The summed E-state index contributed by atoms with van der Waals surface area (Å²) in [5.41, 5.74) is 1.35. The second-order valence-electron chi connectivity index (χ2n) is 4.67. The van der Waals surface area contributed by atoms with Crippen LogP contribution in [0.2, 0.25) is 0 Å². The lowest BCUT2D eigenvalue weighted by molar-refractivity contribution is -0.159. The third-order valence-corrected chi connectivity index (χ3v) is 3.09. The Kier molecular flexibility index (Phi) is 3.51. The van der Waals surface area contributed by atoms with E-state index in [1.165, 1.54) is 12.1 Å². The summed E-state index contributed by atoms with van der Waals surface area (Å²) in [5.74, 6) is -2.74. The Balaban J connectivity index is 1.78. The van der Waals surface area contributed by atoms with E-state index in [1.54, 1.807) is 12.1 Å². The van der Waals surface area contributed by atoms with Crippen LogP contribution in [0, 0.1) is 0 Å². The van der Waals surface area contributed by atoms with Gasteiger partial charge in [0.2, 0.25) is 11.9 Å². The summed E-state index contributed by atoms with van der Waals surface area (Å²) in [7, 11) is 0. The van der Waals surface area contributed by atoms with Crippen molar-refractivity contribution >= 4 is 11.7 Å². The third-order valence-electron chi connectivity index (χ3n) is 3.09. The van der Waals surface area contributed by atoms with Crippen LogP contribution in [0.4, 0.5) is 13.2 Å². The van der Waals surface area contributed by atoms with Crippen molar-refractivity contribution in [3.63, 3.8) is 0 Å². The standard InChI is InChI=1S/C13H8F3N3O4/c14-13(15,16)12-17-10(19-23-12)7-3-1-6(2-4-7)8-5-9(11(20)21)22-18-8/h1-4,9H,5H2,(H,20,21). The van der Waals surface area contributed by atoms with E-state index in [-0.39, 0.29) is 12.2 Å². The number of oxime groups is 1. The molecule has 0 fully saturated rings. The molecule has 1 aromatic carbocycles. The number of carbonyl (C=O) groups is 1. The molecule has 7 nitrogen and oxygen atoms in total. The Hall–Kier alpha value is -2.91. The number of nitrogens with zero attached hydrogens (tertiary/aromatic N) is 3. The molecule has 1 unspecified atom stereocenters. The van der Waals surface area contributed by atoms with Crippen LogP contribution >= 0.6 is 0 Å². The summed E-state index contributed by atoms with van der Waals surface area (Å²) in [4.78, 5) is 18.8. The van der Waals surface area contributed by atoms with Gasteiger partial charge in [0, 0.05) is 12.0 Å². The van der Waals surface area contributed by atoms with Crippen LogP contribution < -0.4 is 0 Å². The summed E-state index contributed by atoms with van der Waals surface area (Å²) in [5, 5.41) is 15.8. The Morgan fingerprint density at radius 1 is 1.22 bits per heavy atom. The second kappa shape index (κ2) is 5.38. The molecule has 120 valence electrons. The number of halogens is 3. The zero-order valence-corrected chi connectivity index (χ0v) is 11.2. The summed E-state index contributed by atoms with van der Waals surface area (Å²) in [6, 6.07) is 6.09. The van der Waals surface area contributed by atoms with Gasteiger partial charge in [0.25, 0.3) is 0 Å². The van der Waals surface area contributed by atoms with Gasteiger partial charge >= 0.3 is 18.0 Å². The summed E-state index contributed by atoms with van der Waals surface area (Å²) < 4.78 is 41.4. The van der Waals surface area contributed by atoms with Gasteiger partial charge in [-0.05, 0) is 5.56 Å².